The molecule has 3 atom stereocenters. The largest absolute Gasteiger partial charge is 0.296 e. The number of hydrogen-bond donors (Lipinski definition) is 0. The van der Waals surface area contributed by atoms with E-state index in [4.69, 9.17) is 0 Å². The van der Waals surface area contributed by atoms with Gasteiger partial charge in [0.05, 0.1) is 0 Å². The van der Waals surface area contributed by atoms with E-state index in [9.17, 15) is 0 Å². The first kappa shape index (κ1) is 9.41. The van der Waals surface area contributed by atoms with Gasteiger partial charge in [0.2, 0.25) is 0 Å². The summed E-state index contributed by atoms with van der Waals surface area (Å²) in [5, 5.41) is 0. The number of hydrogen-bond acceptors (Lipinski definition) is 1. The summed E-state index contributed by atoms with van der Waals surface area (Å²) in [5.74, 6) is 1.92. The molecule has 1 heteroatoms. The van der Waals surface area contributed by atoms with Crippen molar-refractivity contribution in [1.82, 2.24) is 4.90 Å². The van der Waals surface area contributed by atoms with E-state index in [0.717, 1.165) is 24.4 Å². The summed E-state index contributed by atoms with van der Waals surface area (Å²) in [6, 6.07) is 11.8. The van der Waals surface area contributed by atoms with Gasteiger partial charge in [-0.3, -0.25) is 4.90 Å². The summed E-state index contributed by atoms with van der Waals surface area (Å²) in [6.45, 7) is 4.91. The standard InChI is InChI=1S/C14H19N/c1-11-7-13-8-14(11)15(10-13)9-12-5-3-2-4-6-12/h2-6,11,13-14H,7-10H2,1H3/t11-,13+,14+/m0/s1. The molecule has 1 saturated heterocycles. The molecule has 1 heterocycles. The lowest BCUT2D eigenvalue weighted by Crippen LogP contribution is -2.36. The Balaban J connectivity index is 1.70. The highest BCUT2D eigenvalue weighted by Gasteiger charge is 2.42. The van der Waals surface area contributed by atoms with Crippen molar-refractivity contribution in [2.75, 3.05) is 6.54 Å². The maximum absolute atomic E-state index is 2.69. The highest BCUT2D eigenvalue weighted by molar-refractivity contribution is 5.15. The summed E-state index contributed by atoms with van der Waals surface area (Å²) < 4.78 is 0. The van der Waals surface area contributed by atoms with Gasteiger partial charge in [-0.2, -0.15) is 0 Å². The molecule has 2 bridgehead atoms. The lowest BCUT2D eigenvalue weighted by Gasteiger charge is -2.31. The highest BCUT2D eigenvalue weighted by Crippen LogP contribution is 2.41. The van der Waals surface area contributed by atoms with E-state index in [2.05, 4.69) is 42.2 Å². The minimum Gasteiger partial charge on any atom is -0.296 e. The van der Waals surface area contributed by atoms with Crippen LogP contribution in [0.25, 0.3) is 0 Å². The van der Waals surface area contributed by atoms with Crippen LogP contribution in [0.3, 0.4) is 0 Å². The Hall–Kier alpha value is -0.820. The molecule has 2 aliphatic rings. The van der Waals surface area contributed by atoms with Crippen LogP contribution in [0.15, 0.2) is 30.3 Å². The molecular weight excluding hydrogens is 182 g/mol. The van der Waals surface area contributed by atoms with E-state index in [-0.39, 0.29) is 0 Å². The van der Waals surface area contributed by atoms with Crippen LogP contribution in [-0.2, 0) is 6.54 Å². The summed E-state index contributed by atoms with van der Waals surface area (Å²) in [7, 11) is 0. The van der Waals surface area contributed by atoms with E-state index in [1.54, 1.807) is 0 Å². The van der Waals surface area contributed by atoms with Crippen molar-refractivity contribution in [3.05, 3.63) is 35.9 Å². The fourth-order valence-corrected chi connectivity index (χ4v) is 3.48. The molecule has 0 amide bonds. The maximum atomic E-state index is 2.69. The van der Waals surface area contributed by atoms with Gasteiger partial charge in [-0.1, -0.05) is 37.3 Å². The molecule has 1 aromatic carbocycles. The van der Waals surface area contributed by atoms with Crippen LogP contribution in [0.5, 0.6) is 0 Å². The first-order chi connectivity index (χ1) is 7.33. The molecule has 3 rings (SSSR count). The van der Waals surface area contributed by atoms with E-state index in [1.165, 1.54) is 24.9 Å². The van der Waals surface area contributed by atoms with Crippen molar-refractivity contribution >= 4 is 0 Å². The number of piperidine rings is 1. The molecule has 1 aliphatic heterocycles. The summed E-state index contributed by atoms with van der Waals surface area (Å²) >= 11 is 0. The number of nitrogens with zero attached hydrogens (tertiary/aromatic N) is 1. The lowest BCUT2D eigenvalue weighted by atomic mass is 10.00. The average Bonchev–Trinajstić information content (AvgIpc) is 2.77. The van der Waals surface area contributed by atoms with Crippen molar-refractivity contribution in [2.45, 2.75) is 32.4 Å². The van der Waals surface area contributed by atoms with Crippen LogP contribution in [-0.4, -0.2) is 17.5 Å². The van der Waals surface area contributed by atoms with Crippen molar-refractivity contribution in [2.24, 2.45) is 11.8 Å². The highest BCUT2D eigenvalue weighted by atomic mass is 15.2. The molecular formula is C14H19N. The Labute approximate surface area is 92.1 Å². The third kappa shape index (κ3) is 1.69. The molecule has 0 aromatic heterocycles. The minimum atomic E-state index is 0.871. The molecule has 1 saturated carbocycles. The van der Waals surface area contributed by atoms with Crippen LogP contribution < -0.4 is 0 Å². The van der Waals surface area contributed by atoms with Crippen LogP contribution in [0.4, 0.5) is 0 Å². The predicted octanol–water partition coefficient (Wildman–Crippen LogP) is 2.92. The Kier molecular flexibility index (Phi) is 2.28. The van der Waals surface area contributed by atoms with Crippen molar-refractivity contribution in [3.63, 3.8) is 0 Å². The summed E-state index contributed by atoms with van der Waals surface area (Å²) in [4.78, 5) is 2.69. The van der Waals surface area contributed by atoms with Gasteiger partial charge in [-0.25, -0.2) is 0 Å². The molecule has 1 aromatic rings. The molecule has 0 spiro atoms. The van der Waals surface area contributed by atoms with Crippen LogP contribution in [0, 0.1) is 11.8 Å². The van der Waals surface area contributed by atoms with Gasteiger partial charge < -0.3 is 0 Å². The maximum Gasteiger partial charge on any atom is 0.0236 e. The van der Waals surface area contributed by atoms with Crippen molar-refractivity contribution in [1.29, 1.82) is 0 Å². The Morgan fingerprint density at radius 1 is 1.20 bits per heavy atom. The SMILES string of the molecule is C[C@H]1C[C@@H]2C[C@H]1N(Cc1ccccc1)C2. The fourth-order valence-electron chi connectivity index (χ4n) is 3.48. The number of likely N-dealkylation sites (tertiary alicyclic amines) is 1. The molecule has 1 aliphatic carbocycles. The minimum absolute atomic E-state index is 0.871. The van der Waals surface area contributed by atoms with Gasteiger partial charge in [0.1, 0.15) is 0 Å². The zero-order valence-corrected chi connectivity index (χ0v) is 9.39. The van der Waals surface area contributed by atoms with Gasteiger partial charge in [-0.05, 0) is 30.2 Å². The van der Waals surface area contributed by atoms with E-state index >= 15 is 0 Å². The first-order valence-electron chi connectivity index (χ1n) is 6.11. The molecule has 80 valence electrons. The third-order valence-electron chi connectivity index (χ3n) is 4.13. The smallest absolute Gasteiger partial charge is 0.0236 e. The van der Waals surface area contributed by atoms with Crippen molar-refractivity contribution < 1.29 is 0 Å². The lowest BCUT2D eigenvalue weighted by molar-refractivity contribution is 0.159. The molecule has 0 unspecified atom stereocenters. The van der Waals surface area contributed by atoms with Crippen LogP contribution >= 0.6 is 0 Å². The Morgan fingerprint density at radius 2 is 2.00 bits per heavy atom. The number of rotatable bonds is 2. The topological polar surface area (TPSA) is 3.24 Å². The van der Waals surface area contributed by atoms with E-state index in [0.29, 0.717) is 0 Å². The number of benzene rings is 1. The quantitative estimate of drug-likeness (QED) is 0.711. The second kappa shape index (κ2) is 3.64. The zero-order chi connectivity index (χ0) is 10.3. The molecule has 1 nitrogen and oxygen atoms in total. The Bertz CT molecular complexity index is 332. The van der Waals surface area contributed by atoms with Gasteiger partial charge >= 0.3 is 0 Å². The van der Waals surface area contributed by atoms with E-state index in [1.807, 2.05) is 0 Å². The molecule has 15 heavy (non-hydrogen) atoms. The second-order valence-electron chi connectivity index (χ2n) is 5.30. The third-order valence-corrected chi connectivity index (χ3v) is 4.13. The first-order valence-corrected chi connectivity index (χ1v) is 6.11. The fraction of sp³-hybridized carbons (Fsp3) is 0.571. The van der Waals surface area contributed by atoms with E-state index < -0.39 is 0 Å². The predicted molar refractivity (Wildman–Crippen MR) is 62.5 cm³/mol. The summed E-state index contributed by atoms with van der Waals surface area (Å²) in [6.07, 6.45) is 2.92. The van der Waals surface area contributed by atoms with Crippen LogP contribution in [0.1, 0.15) is 25.3 Å². The zero-order valence-electron chi connectivity index (χ0n) is 9.39. The van der Waals surface area contributed by atoms with Gasteiger partial charge in [-0.15, -0.1) is 0 Å². The normalized spacial score (nSPS) is 34.9. The van der Waals surface area contributed by atoms with Gasteiger partial charge in [0.25, 0.3) is 0 Å². The molecule has 0 N–H and O–H groups in total. The Morgan fingerprint density at radius 3 is 2.67 bits per heavy atom. The van der Waals surface area contributed by atoms with Crippen LogP contribution in [0.2, 0.25) is 0 Å². The molecule has 2 fully saturated rings. The van der Waals surface area contributed by atoms with Gasteiger partial charge in [0, 0.05) is 19.1 Å². The van der Waals surface area contributed by atoms with Gasteiger partial charge in [0.15, 0.2) is 0 Å². The summed E-state index contributed by atoms with van der Waals surface area (Å²) in [5.41, 5.74) is 1.47. The second-order valence-corrected chi connectivity index (χ2v) is 5.30. The average molecular weight is 201 g/mol. The molecule has 0 radical (unpaired) electrons. The monoisotopic (exact) mass is 201 g/mol. The van der Waals surface area contributed by atoms with Crippen molar-refractivity contribution in [3.8, 4) is 0 Å². The number of fused-ring (bicyclic) bond motifs is 2.